The minimum absolute atomic E-state index is 0.0526. The molecule has 18 heavy (non-hydrogen) atoms. The van der Waals surface area contributed by atoms with Gasteiger partial charge in [-0.25, -0.2) is 0 Å². The molecular formula is C12H19N4OS+. The van der Waals surface area contributed by atoms with Crippen LogP contribution in [-0.4, -0.2) is 27.5 Å². The van der Waals surface area contributed by atoms with Crippen molar-refractivity contribution < 1.29 is 4.90 Å². The number of hydrogen-bond acceptors (Lipinski definition) is 4. The van der Waals surface area contributed by atoms with Gasteiger partial charge in [-0.05, 0) is 13.8 Å². The van der Waals surface area contributed by atoms with Crippen molar-refractivity contribution in [3.63, 3.8) is 0 Å². The molecule has 5 nitrogen and oxygen atoms in total. The van der Waals surface area contributed by atoms with Crippen molar-refractivity contribution in [3.8, 4) is 0 Å². The minimum Gasteiger partial charge on any atom is -0.324 e. The SMILES string of the molecule is CC(C)[NH+]1CNc2c(c(=O)nc3n2C[C@@H](C)S3)C1. The van der Waals surface area contributed by atoms with Crippen molar-refractivity contribution in [2.45, 2.75) is 50.3 Å². The zero-order valence-corrected chi connectivity index (χ0v) is 11.8. The van der Waals surface area contributed by atoms with Gasteiger partial charge in [-0.2, -0.15) is 4.98 Å². The third-order valence-corrected chi connectivity index (χ3v) is 4.77. The standard InChI is InChI=1S/C12H18N4OS/c1-7(2)15-5-9-10(13-6-15)16-4-8(3)18-12(16)14-11(9)17/h7-8,13H,4-6H2,1-3H3/p+1/t8-/m1/s1. The van der Waals surface area contributed by atoms with Gasteiger partial charge in [-0.1, -0.05) is 18.7 Å². The number of quaternary nitrogens is 1. The van der Waals surface area contributed by atoms with Crippen LogP contribution >= 0.6 is 11.8 Å². The average Bonchev–Trinajstić information content (AvgIpc) is 2.69. The summed E-state index contributed by atoms with van der Waals surface area (Å²) in [6.45, 7) is 9.14. The lowest BCUT2D eigenvalue weighted by Crippen LogP contribution is -3.15. The molecule has 0 saturated heterocycles. The van der Waals surface area contributed by atoms with E-state index in [9.17, 15) is 4.79 Å². The van der Waals surface area contributed by atoms with Crippen LogP contribution in [0.1, 0.15) is 26.3 Å². The van der Waals surface area contributed by atoms with Gasteiger partial charge in [0.2, 0.25) is 0 Å². The summed E-state index contributed by atoms with van der Waals surface area (Å²) in [4.78, 5) is 17.7. The molecule has 2 aliphatic heterocycles. The van der Waals surface area contributed by atoms with Crippen molar-refractivity contribution >= 4 is 17.6 Å². The quantitative estimate of drug-likeness (QED) is 0.699. The maximum absolute atomic E-state index is 12.1. The van der Waals surface area contributed by atoms with Gasteiger partial charge >= 0.3 is 0 Å². The second kappa shape index (κ2) is 4.28. The van der Waals surface area contributed by atoms with Gasteiger partial charge in [0.1, 0.15) is 17.9 Å². The molecule has 0 aliphatic carbocycles. The first-order chi connectivity index (χ1) is 8.56. The summed E-state index contributed by atoms with van der Waals surface area (Å²) in [5.74, 6) is 1.01. The average molecular weight is 267 g/mol. The van der Waals surface area contributed by atoms with E-state index >= 15 is 0 Å². The molecule has 3 heterocycles. The molecule has 0 saturated carbocycles. The Morgan fingerprint density at radius 3 is 3.06 bits per heavy atom. The van der Waals surface area contributed by atoms with Crippen molar-refractivity contribution in [1.29, 1.82) is 0 Å². The van der Waals surface area contributed by atoms with Crippen LogP contribution in [0.4, 0.5) is 5.82 Å². The maximum Gasteiger partial charge on any atom is 0.284 e. The van der Waals surface area contributed by atoms with E-state index in [2.05, 4.69) is 35.6 Å². The van der Waals surface area contributed by atoms with E-state index in [1.165, 1.54) is 4.90 Å². The van der Waals surface area contributed by atoms with E-state index < -0.39 is 0 Å². The summed E-state index contributed by atoms with van der Waals surface area (Å²) in [6, 6.07) is 0.511. The number of rotatable bonds is 1. The third-order valence-electron chi connectivity index (χ3n) is 3.69. The second-order valence-corrected chi connectivity index (χ2v) is 6.81. The number of fused-ring (bicyclic) bond motifs is 3. The van der Waals surface area contributed by atoms with Crippen LogP contribution in [0, 0.1) is 0 Å². The third kappa shape index (κ3) is 1.83. The molecule has 0 amide bonds. The summed E-state index contributed by atoms with van der Waals surface area (Å²) >= 11 is 1.69. The van der Waals surface area contributed by atoms with Crippen LogP contribution in [0.25, 0.3) is 0 Å². The molecule has 2 aliphatic rings. The van der Waals surface area contributed by atoms with Gasteiger partial charge in [0, 0.05) is 11.8 Å². The molecule has 2 N–H and O–H groups in total. The van der Waals surface area contributed by atoms with Crippen molar-refractivity contribution in [2.24, 2.45) is 0 Å². The highest BCUT2D eigenvalue weighted by Gasteiger charge is 2.31. The van der Waals surface area contributed by atoms with Crippen LogP contribution in [0.5, 0.6) is 0 Å². The number of aromatic nitrogens is 2. The number of nitrogens with one attached hydrogen (secondary N) is 2. The van der Waals surface area contributed by atoms with Crippen LogP contribution < -0.4 is 15.8 Å². The Labute approximate surface area is 111 Å². The number of nitrogens with zero attached hydrogens (tertiary/aromatic N) is 2. The van der Waals surface area contributed by atoms with Crippen molar-refractivity contribution in [2.75, 3.05) is 12.0 Å². The number of hydrogen-bond donors (Lipinski definition) is 2. The summed E-state index contributed by atoms with van der Waals surface area (Å²) in [5, 5.41) is 4.80. The Morgan fingerprint density at radius 2 is 2.33 bits per heavy atom. The highest BCUT2D eigenvalue weighted by Crippen LogP contribution is 2.32. The zero-order valence-electron chi connectivity index (χ0n) is 11.0. The summed E-state index contributed by atoms with van der Waals surface area (Å²) in [5.41, 5.74) is 0.798. The van der Waals surface area contributed by atoms with Crippen LogP contribution in [0.15, 0.2) is 9.95 Å². The van der Waals surface area contributed by atoms with Gasteiger partial charge in [0.05, 0.1) is 6.04 Å². The van der Waals surface area contributed by atoms with E-state index in [-0.39, 0.29) is 5.56 Å². The Balaban J connectivity index is 2.05. The lowest BCUT2D eigenvalue weighted by molar-refractivity contribution is -0.933. The summed E-state index contributed by atoms with van der Waals surface area (Å²) in [7, 11) is 0. The molecule has 0 radical (unpaired) electrons. The summed E-state index contributed by atoms with van der Waals surface area (Å²) < 4.78 is 2.17. The molecule has 2 atom stereocenters. The number of thioether (sulfide) groups is 1. The topological polar surface area (TPSA) is 51.4 Å². The first-order valence-corrected chi connectivity index (χ1v) is 7.33. The van der Waals surface area contributed by atoms with Gasteiger partial charge in [-0.15, -0.1) is 0 Å². The molecule has 1 aromatic rings. The Bertz CT molecular complexity index is 540. The fourth-order valence-corrected chi connectivity index (χ4v) is 3.58. The first-order valence-electron chi connectivity index (χ1n) is 6.45. The smallest absolute Gasteiger partial charge is 0.284 e. The van der Waals surface area contributed by atoms with E-state index in [4.69, 9.17) is 0 Å². The van der Waals surface area contributed by atoms with E-state index in [1.807, 2.05) is 0 Å². The Hall–Kier alpha value is -1.01. The lowest BCUT2D eigenvalue weighted by Gasteiger charge is -2.30. The molecule has 0 bridgehead atoms. The highest BCUT2D eigenvalue weighted by atomic mass is 32.2. The molecule has 98 valence electrons. The summed E-state index contributed by atoms with van der Waals surface area (Å²) in [6.07, 6.45) is 0. The first kappa shape index (κ1) is 12.0. The maximum atomic E-state index is 12.1. The van der Waals surface area contributed by atoms with Gasteiger partial charge < -0.3 is 14.8 Å². The molecule has 0 fully saturated rings. The molecule has 0 aromatic carbocycles. The van der Waals surface area contributed by atoms with Crippen LogP contribution in [0.3, 0.4) is 0 Å². The highest BCUT2D eigenvalue weighted by molar-refractivity contribution is 7.99. The molecular weight excluding hydrogens is 248 g/mol. The predicted octanol–water partition coefficient (Wildman–Crippen LogP) is -0.0862. The fourth-order valence-electron chi connectivity index (χ4n) is 2.56. The predicted molar refractivity (Wildman–Crippen MR) is 72.1 cm³/mol. The molecule has 1 unspecified atom stereocenters. The Morgan fingerprint density at radius 1 is 1.56 bits per heavy atom. The van der Waals surface area contributed by atoms with Gasteiger partial charge in [-0.3, -0.25) is 4.79 Å². The monoisotopic (exact) mass is 267 g/mol. The lowest BCUT2D eigenvalue weighted by atomic mass is 10.2. The molecule has 1 aromatic heterocycles. The zero-order chi connectivity index (χ0) is 12.9. The van der Waals surface area contributed by atoms with E-state index in [0.717, 1.165) is 36.3 Å². The van der Waals surface area contributed by atoms with E-state index in [0.29, 0.717) is 11.3 Å². The molecule has 6 heteroatoms. The Kier molecular flexibility index (Phi) is 2.86. The van der Waals surface area contributed by atoms with Gasteiger partial charge in [0.15, 0.2) is 11.8 Å². The molecule has 0 spiro atoms. The van der Waals surface area contributed by atoms with E-state index in [1.54, 1.807) is 11.8 Å². The van der Waals surface area contributed by atoms with Crippen molar-refractivity contribution in [1.82, 2.24) is 9.55 Å². The normalized spacial score (nSPS) is 25.8. The largest absolute Gasteiger partial charge is 0.324 e. The second-order valence-electron chi connectivity index (χ2n) is 5.41. The van der Waals surface area contributed by atoms with Crippen molar-refractivity contribution in [3.05, 3.63) is 15.9 Å². The minimum atomic E-state index is -0.0526. The molecule has 3 rings (SSSR count). The number of anilines is 1. The van der Waals surface area contributed by atoms with Crippen LogP contribution in [0.2, 0.25) is 0 Å². The van der Waals surface area contributed by atoms with Gasteiger partial charge in [0.25, 0.3) is 5.56 Å². The fraction of sp³-hybridized carbons (Fsp3) is 0.667. The van der Waals surface area contributed by atoms with Crippen LogP contribution in [-0.2, 0) is 13.1 Å².